The second-order valence-electron chi connectivity index (χ2n) is 10.5. The Balaban J connectivity index is 1.64. The van der Waals surface area contributed by atoms with E-state index < -0.39 is 16.2 Å². The molecule has 3 aromatic carbocycles. The molecule has 0 aromatic heterocycles. The fourth-order valence-electron chi connectivity index (χ4n) is 4.56. The molecule has 0 aliphatic rings. The van der Waals surface area contributed by atoms with Gasteiger partial charge in [0.1, 0.15) is 28.6 Å². The van der Waals surface area contributed by atoms with Crippen LogP contribution in [0.3, 0.4) is 0 Å². The van der Waals surface area contributed by atoms with Crippen LogP contribution >= 0.6 is 11.8 Å². The predicted octanol–water partition coefficient (Wildman–Crippen LogP) is 7.36. The SMILES string of the molecule is CCCCOc1ccc(Sc2ccc(-c3ccccc3C(O)C#CCOCCCCCCCCCO)cc2S(=O)(=O)[O-])cc1. The van der Waals surface area contributed by atoms with Crippen LogP contribution < -0.4 is 4.74 Å². The molecule has 0 fully saturated rings. The third-order valence-corrected chi connectivity index (χ3v) is 9.05. The first-order chi connectivity index (χ1) is 21.3. The first kappa shape index (κ1) is 35.6. The highest BCUT2D eigenvalue weighted by atomic mass is 32.2. The van der Waals surface area contributed by atoms with Crippen LogP contribution in [0.2, 0.25) is 0 Å². The Morgan fingerprint density at radius 1 is 0.886 bits per heavy atom. The quantitative estimate of drug-likeness (QED) is 0.0794. The monoisotopic (exact) mass is 639 g/mol. The van der Waals surface area contributed by atoms with Gasteiger partial charge in [0.25, 0.3) is 0 Å². The number of hydrogen-bond acceptors (Lipinski definition) is 8. The van der Waals surface area contributed by atoms with Crippen LogP contribution in [0.4, 0.5) is 0 Å². The van der Waals surface area contributed by atoms with Crippen molar-refractivity contribution in [1.29, 1.82) is 0 Å². The van der Waals surface area contributed by atoms with Crippen molar-refractivity contribution in [3.8, 4) is 28.7 Å². The molecule has 0 amide bonds. The number of benzene rings is 3. The van der Waals surface area contributed by atoms with Gasteiger partial charge >= 0.3 is 0 Å². The van der Waals surface area contributed by atoms with Gasteiger partial charge in [0.2, 0.25) is 0 Å². The van der Waals surface area contributed by atoms with Crippen molar-refractivity contribution in [3.05, 3.63) is 72.3 Å². The van der Waals surface area contributed by atoms with Gasteiger partial charge in [0.05, 0.1) is 11.5 Å². The van der Waals surface area contributed by atoms with Crippen LogP contribution in [-0.2, 0) is 14.9 Å². The predicted molar refractivity (Wildman–Crippen MR) is 174 cm³/mol. The van der Waals surface area contributed by atoms with E-state index in [1.807, 2.05) is 24.3 Å². The molecule has 0 aliphatic heterocycles. The van der Waals surface area contributed by atoms with Gasteiger partial charge in [-0.2, -0.15) is 0 Å². The summed E-state index contributed by atoms with van der Waals surface area (Å²) in [6.07, 6.45) is 8.32. The lowest BCUT2D eigenvalue weighted by Crippen LogP contribution is -2.03. The second-order valence-corrected chi connectivity index (χ2v) is 12.9. The molecule has 0 heterocycles. The zero-order valence-corrected chi connectivity index (χ0v) is 27.0. The van der Waals surface area contributed by atoms with E-state index in [4.69, 9.17) is 14.6 Å². The molecule has 0 radical (unpaired) electrons. The van der Waals surface area contributed by atoms with Gasteiger partial charge in [0.15, 0.2) is 0 Å². The Bertz CT molecular complexity index is 1440. The molecule has 0 saturated carbocycles. The molecule has 3 aromatic rings. The van der Waals surface area contributed by atoms with Crippen molar-refractivity contribution in [2.45, 2.75) is 85.5 Å². The van der Waals surface area contributed by atoms with Gasteiger partial charge in [-0.1, -0.05) is 99.4 Å². The number of hydrogen-bond donors (Lipinski definition) is 2. The van der Waals surface area contributed by atoms with Crippen molar-refractivity contribution in [1.82, 2.24) is 0 Å². The van der Waals surface area contributed by atoms with Crippen molar-refractivity contribution in [3.63, 3.8) is 0 Å². The summed E-state index contributed by atoms with van der Waals surface area (Å²) in [5, 5.41) is 19.7. The maximum absolute atomic E-state index is 12.3. The average molecular weight is 640 g/mol. The van der Waals surface area contributed by atoms with E-state index >= 15 is 0 Å². The van der Waals surface area contributed by atoms with E-state index in [0.29, 0.717) is 34.8 Å². The summed E-state index contributed by atoms with van der Waals surface area (Å²) in [6.45, 7) is 3.79. The number of ether oxygens (including phenoxy) is 2. The lowest BCUT2D eigenvalue weighted by atomic mass is 9.96. The summed E-state index contributed by atoms with van der Waals surface area (Å²) < 4.78 is 48.2. The van der Waals surface area contributed by atoms with Crippen LogP contribution in [0.25, 0.3) is 11.1 Å². The number of rotatable bonds is 19. The van der Waals surface area contributed by atoms with E-state index in [1.165, 1.54) is 17.8 Å². The van der Waals surface area contributed by atoms with Crippen LogP contribution in [-0.4, -0.2) is 49.6 Å². The van der Waals surface area contributed by atoms with Gasteiger partial charge in [0, 0.05) is 28.6 Å². The third kappa shape index (κ3) is 12.3. The second kappa shape index (κ2) is 19.5. The topological polar surface area (TPSA) is 116 Å². The Morgan fingerprint density at radius 2 is 1.59 bits per heavy atom. The van der Waals surface area contributed by atoms with Crippen LogP contribution in [0.15, 0.2) is 81.4 Å². The molecule has 238 valence electrons. The lowest BCUT2D eigenvalue weighted by molar-refractivity contribution is 0.161. The molecule has 1 unspecified atom stereocenters. The summed E-state index contributed by atoms with van der Waals surface area (Å²) in [5.74, 6) is 6.42. The summed E-state index contributed by atoms with van der Waals surface area (Å²) >= 11 is 1.19. The first-order valence-electron chi connectivity index (χ1n) is 15.3. The molecule has 1 atom stereocenters. The summed E-state index contributed by atoms with van der Waals surface area (Å²) in [6, 6.07) is 19.1. The molecular formula is C35H43O7S2-. The highest BCUT2D eigenvalue weighted by Crippen LogP contribution is 2.37. The third-order valence-electron chi connectivity index (χ3n) is 6.96. The van der Waals surface area contributed by atoms with Gasteiger partial charge in [-0.15, -0.1) is 0 Å². The van der Waals surface area contributed by atoms with E-state index in [0.717, 1.165) is 68.4 Å². The molecule has 9 heteroatoms. The van der Waals surface area contributed by atoms with Gasteiger partial charge in [-0.3, -0.25) is 0 Å². The fourth-order valence-corrected chi connectivity index (χ4v) is 6.40. The Labute approximate surface area is 266 Å². The minimum absolute atomic E-state index is 0.200. The Hall–Kier alpha value is -2.84. The minimum Gasteiger partial charge on any atom is -0.744 e. The summed E-state index contributed by atoms with van der Waals surface area (Å²) in [5.41, 5.74) is 1.59. The van der Waals surface area contributed by atoms with Crippen LogP contribution in [0.5, 0.6) is 5.75 Å². The maximum atomic E-state index is 12.3. The first-order valence-corrected chi connectivity index (χ1v) is 17.5. The summed E-state index contributed by atoms with van der Waals surface area (Å²) in [7, 11) is -4.79. The molecule has 0 aliphatic carbocycles. The molecule has 3 rings (SSSR count). The largest absolute Gasteiger partial charge is 0.744 e. The molecule has 0 saturated heterocycles. The number of unbranched alkanes of at least 4 members (excludes halogenated alkanes) is 7. The van der Waals surface area contributed by atoms with Crippen LogP contribution in [0, 0.1) is 11.8 Å². The smallest absolute Gasteiger partial charge is 0.140 e. The molecule has 7 nitrogen and oxygen atoms in total. The molecule has 0 spiro atoms. The van der Waals surface area contributed by atoms with E-state index in [1.54, 1.807) is 36.4 Å². The van der Waals surface area contributed by atoms with Crippen molar-refractivity contribution >= 4 is 21.9 Å². The van der Waals surface area contributed by atoms with Gasteiger partial charge < -0.3 is 24.2 Å². The van der Waals surface area contributed by atoms with E-state index in [-0.39, 0.29) is 18.1 Å². The Kier molecular flexibility index (Phi) is 15.8. The van der Waals surface area contributed by atoms with Crippen molar-refractivity contribution in [2.75, 3.05) is 26.4 Å². The molecular weight excluding hydrogens is 597 g/mol. The van der Waals surface area contributed by atoms with Crippen LogP contribution in [0.1, 0.15) is 76.4 Å². The number of aliphatic hydroxyl groups is 2. The van der Waals surface area contributed by atoms with Gasteiger partial charge in [-0.05, 0) is 66.8 Å². The normalized spacial score (nSPS) is 12.0. The average Bonchev–Trinajstić information content (AvgIpc) is 3.02. The van der Waals surface area contributed by atoms with Crippen molar-refractivity contribution < 1.29 is 32.7 Å². The summed E-state index contributed by atoms with van der Waals surface area (Å²) in [4.78, 5) is 0.769. The maximum Gasteiger partial charge on any atom is 0.140 e. The molecule has 2 N–H and O–H groups in total. The lowest BCUT2D eigenvalue weighted by Gasteiger charge is -2.17. The zero-order chi connectivity index (χ0) is 31.6. The van der Waals surface area contributed by atoms with Crippen molar-refractivity contribution in [2.24, 2.45) is 0 Å². The minimum atomic E-state index is -4.79. The fraction of sp³-hybridized carbons (Fsp3) is 0.429. The number of aliphatic hydroxyl groups excluding tert-OH is 2. The highest BCUT2D eigenvalue weighted by Gasteiger charge is 2.16. The van der Waals surface area contributed by atoms with E-state index in [2.05, 4.69) is 18.8 Å². The van der Waals surface area contributed by atoms with E-state index in [9.17, 15) is 18.1 Å². The highest BCUT2D eigenvalue weighted by molar-refractivity contribution is 8.00. The molecule has 0 bridgehead atoms. The molecule has 44 heavy (non-hydrogen) atoms. The van der Waals surface area contributed by atoms with Gasteiger partial charge in [-0.25, -0.2) is 8.42 Å². The standard InChI is InChI=1S/C35H44O7S2/c1-2-3-26-42-29-18-20-30(21-19-29)43-34-22-17-28(27-35(34)44(38,39)40)31-14-9-10-15-32(31)33(37)16-13-25-41-24-12-8-6-4-5-7-11-23-36/h9-10,14-15,17-22,27,33,36-37H,2-8,11-12,23-26H2,1H3,(H,38,39,40)/p-1. The zero-order valence-electron chi connectivity index (χ0n) is 25.4. The Morgan fingerprint density at radius 3 is 2.30 bits per heavy atom.